The lowest BCUT2D eigenvalue weighted by Crippen LogP contribution is -2.26. The molecule has 20 heavy (non-hydrogen) atoms. The quantitative estimate of drug-likeness (QED) is 0.439. The van der Waals surface area contributed by atoms with E-state index < -0.39 is 22.2 Å². The Hall–Kier alpha value is -1.40. The summed E-state index contributed by atoms with van der Waals surface area (Å²) < 4.78 is 33.7. The molecule has 0 heterocycles. The number of carbonyl (C=O) groups excluding carboxylic acids is 1. The molecule has 1 aromatic rings. The fourth-order valence-electron chi connectivity index (χ4n) is 1.42. The zero-order valence-corrected chi connectivity index (χ0v) is 12.8. The Morgan fingerprint density at radius 1 is 1.25 bits per heavy atom. The zero-order valence-electron chi connectivity index (χ0n) is 12.0. The van der Waals surface area contributed by atoms with Gasteiger partial charge in [-0.3, -0.25) is 4.18 Å². The predicted octanol–water partition coefficient (Wildman–Crippen LogP) is 2.43. The smallest absolute Gasteiger partial charge is 0.336 e. The van der Waals surface area contributed by atoms with Crippen LogP contribution in [0.15, 0.2) is 29.2 Å². The monoisotopic (exact) mass is 300 g/mol. The molecule has 0 saturated heterocycles. The summed E-state index contributed by atoms with van der Waals surface area (Å²) in [4.78, 5) is 11.6. The van der Waals surface area contributed by atoms with E-state index in [1.54, 1.807) is 12.1 Å². The summed E-state index contributed by atoms with van der Waals surface area (Å²) in [6.07, 6.45) is 0.478. The minimum atomic E-state index is -3.95. The van der Waals surface area contributed by atoms with Crippen LogP contribution in [0.2, 0.25) is 0 Å². The molecule has 1 aromatic carbocycles. The summed E-state index contributed by atoms with van der Waals surface area (Å²) in [5.74, 6) is -0.672. The van der Waals surface area contributed by atoms with Crippen molar-refractivity contribution in [2.75, 3.05) is 6.61 Å². The summed E-state index contributed by atoms with van der Waals surface area (Å²) >= 11 is 0. The van der Waals surface area contributed by atoms with Gasteiger partial charge in [0.2, 0.25) is 0 Å². The van der Waals surface area contributed by atoms with Crippen LogP contribution < -0.4 is 0 Å². The highest BCUT2D eigenvalue weighted by atomic mass is 32.2. The average molecular weight is 300 g/mol. The zero-order chi connectivity index (χ0) is 15.2. The standard InChI is InChI=1S/C14H20O5S/c1-4-5-10-18-14(15)12(3)19-20(16,17)13-8-6-11(2)7-9-13/h6-9,12H,4-5,10H2,1-3H3/t12-/m0/s1. The molecule has 0 aliphatic rings. The second-order valence-corrected chi connectivity index (χ2v) is 6.10. The third kappa shape index (κ3) is 4.94. The van der Waals surface area contributed by atoms with Gasteiger partial charge in [0.05, 0.1) is 11.5 Å². The third-order valence-corrected chi connectivity index (χ3v) is 4.05. The average Bonchev–Trinajstić information content (AvgIpc) is 2.38. The van der Waals surface area contributed by atoms with E-state index in [9.17, 15) is 13.2 Å². The van der Waals surface area contributed by atoms with Gasteiger partial charge in [-0.05, 0) is 32.4 Å². The Morgan fingerprint density at radius 2 is 1.85 bits per heavy atom. The minimum absolute atomic E-state index is 0.0244. The first kappa shape index (κ1) is 16.7. The fourth-order valence-corrected chi connectivity index (χ4v) is 2.46. The molecule has 112 valence electrons. The number of unbranched alkanes of at least 4 members (excludes halogenated alkanes) is 1. The topological polar surface area (TPSA) is 69.7 Å². The highest BCUT2D eigenvalue weighted by molar-refractivity contribution is 7.86. The molecule has 0 fully saturated rings. The Bertz CT molecular complexity index is 533. The van der Waals surface area contributed by atoms with Crippen molar-refractivity contribution in [3.8, 4) is 0 Å². The molecule has 1 rings (SSSR count). The molecular formula is C14H20O5S. The van der Waals surface area contributed by atoms with Crippen LogP contribution in [0.3, 0.4) is 0 Å². The van der Waals surface area contributed by atoms with E-state index in [0.29, 0.717) is 0 Å². The van der Waals surface area contributed by atoms with Crippen LogP contribution >= 0.6 is 0 Å². The molecule has 0 radical (unpaired) electrons. The summed E-state index contributed by atoms with van der Waals surface area (Å²) in [6, 6.07) is 6.22. The van der Waals surface area contributed by atoms with Crippen molar-refractivity contribution < 1.29 is 22.1 Å². The first-order valence-corrected chi connectivity index (χ1v) is 7.94. The van der Waals surface area contributed by atoms with E-state index in [-0.39, 0.29) is 11.5 Å². The van der Waals surface area contributed by atoms with E-state index in [1.807, 2.05) is 13.8 Å². The number of hydrogen-bond donors (Lipinski definition) is 0. The molecule has 6 heteroatoms. The second kappa shape index (κ2) is 7.40. The van der Waals surface area contributed by atoms with Crippen LogP contribution in [0, 0.1) is 6.92 Å². The van der Waals surface area contributed by atoms with Gasteiger partial charge >= 0.3 is 5.97 Å². The maximum Gasteiger partial charge on any atom is 0.336 e. The van der Waals surface area contributed by atoms with Crippen molar-refractivity contribution in [2.45, 2.75) is 44.6 Å². The molecule has 0 N–H and O–H groups in total. The van der Waals surface area contributed by atoms with E-state index in [0.717, 1.165) is 18.4 Å². The predicted molar refractivity (Wildman–Crippen MR) is 74.8 cm³/mol. The number of aryl methyl sites for hydroxylation is 1. The number of hydrogen-bond acceptors (Lipinski definition) is 5. The fraction of sp³-hybridized carbons (Fsp3) is 0.500. The number of ether oxygens (including phenoxy) is 1. The van der Waals surface area contributed by atoms with Crippen LogP contribution in [-0.2, 0) is 23.8 Å². The van der Waals surface area contributed by atoms with Crippen molar-refractivity contribution in [1.29, 1.82) is 0 Å². The van der Waals surface area contributed by atoms with Gasteiger partial charge in [-0.15, -0.1) is 0 Å². The molecule has 0 aliphatic carbocycles. The lowest BCUT2D eigenvalue weighted by atomic mass is 10.2. The Balaban J connectivity index is 2.66. The van der Waals surface area contributed by atoms with Crippen molar-refractivity contribution in [3.05, 3.63) is 29.8 Å². The molecule has 0 unspecified atom stereocenters. The maximum absolute atomic E-state index is 12.0. The SMILES string of the molecule is CCCCOC(=O)[C@H](C)OS(=O)(=O)c1ccc(C)cc1. The van der Waals surface area contributed by atoms with Gasteiger partial charge in [0.1, 0.15) is 0 Å². The number of benzene rings is 1. The highest BCUT2D eigenvalue weighted by Gasteiger charge is 2.24. The molecule has 1 atom stereocenters. The second-order valence-electron chi connectivity index (χ2n) is 4.53. The van der Waals surface area contributed by atoms with Crippen LogP contribution in [-0.4, -0.2) is 27.1 Å². The van der Waals surface area contributed by atoms with E-state index in [4.69, 9.17) is 8.92 Å². The molecular weight excluding hydrogens is 280 g/mol. The maximum atomic E-state index is 12.0. The van der Waals surface area contributed by atoms with Crippen molar-refractivity contribution in [3.63, 3.8) is 0 Å². The van der Waals surface area contributed by atoms with Gasteiger partial charge in [0, 0.05) is 0 Å². The summed E-state index contributed by atoms with van der Waals surface area (Å²) in [5.41, 5.74) is 0.941. The number of esters is 1. The Kier molecular flexibility index (Phi) is 6.16. The normalized spacial score (nSPS) is 12.9. The first-order chi connectivity index (χ1) is 9.36. The first-order valence-electron chi connectivity index (χ1n) is 6.53. The molecule has 0 aliphatic heterocycles. The summed E-state index contributed by atoms with van der Waals surface area (Å²) in [5, 5.41) is 0. The number of rotatable bonds is 7. The number of carbonyl (C=O) groups is 1. The van der Waals surface area contributed by atoms with Crippen molar-refractivity contribution in [1.82, 2.24) is 0 Å². The van der Waals surface area contributed by atoms with Gasteiger partial charge in [0.25, 0.3) is 10.1 Å². The lowest BCUT2D eigenvalue weighted by molar-refractivity contribution is -0.151. The van der Waals surface area contributed by atoms with Crippen molar-refractivity contribution >= 4 is 16.1 Å². The van der Waals surface area contributed by atoms with E-state index in [1.165, 1.54) is 19.1 Å². The largest absolute Gasteiger partial charge is 0.464 e. The molecule has 0 amide bonds. The van der Waals surface area contributed by atoms with Gasteiger partial charge in [-0.1, -0.05) is 31.0 Å². The molecule has 0 aromatic heterocycles. The van der Waals surface area contributed by atoms with Gasteiger partial charge in [0.15, 0.2) is 6.10 Å². The van der Waals surface area contributed by atoms with Crippen molar-refractivity contribution in [2.24, 2.45) is 0 Å². The molecule has 0 saturated carbocycles. The highest BCUT2D eigenvalue weighted by Crippen LogP contribution is 2.15. The minimum Gasteiger partial charge on any atom is -0.464 e. The molecule has 0 spiro atoms. The van der Waals surface area contributed by atoms with Crippen LogP contribution in [0.1, 0.15) is 32.3 Å². The van der Waals surface area contributed by atoms with Crippen LogP contribution in [0.4, 0.5) is 0 Å². The van der Waals surface area contributed by atoms with Gasteiger partial charge in [-0.2, -0.15) is 8.42 Å². The lowest BCUT2D eigenvalue weighted by Gasteiger charge is -2.12. The third-order valence-electron chi connectivity index (χ3n) is 2.65. The van der Waals surface area contributed by atoms with Crippen LogP contribution in [0.25, 0.3) is 0 Å². The Labute approximate surface area is 120 Å². The van der Waals surface area contributed by atoms with Gasteiger partial charge < -0.3 is 4.74 Å². The molecule has 5 nitrogen and oxygen atoms in total. The van der Waals surface area contributed by atoms with Crippen LogP contribution in [0.5, 0.6) is 0 Å². The summed E-state index contributed by atoms with van der Waals surface area (Å²) in [7, 11) is -3.95. The van der Waals surface area contributed by atoms with E-state index >= 15 is 0 Å². The molecule has 0 bridgehead atoms. The Morgan fingerprint density at radius 3 is 2.40 bits per heavy atom. The van der Waals surface area contributed by atoms with Gasteiger partial charge in [-0.25, -0.2) is 4.79 Å². The van der Waals surface area contributed by atoms with E-state index in [2.05, 4.69) is 0 Å². The summed E-state index contributed by atoms with van der Waals surface area (Å²) in [6.45, 7) is 5.45.